The van der Waals surface area contributed by atoms with E-state index in [9.17, 15) is 9.59 Å². The van der Waals surface area contributed by atoms with Gasteiger partial charge in [0.1, 0.15) is 17.8 Å². The molecule has 0 spiro atoms. The number of ether oxygens (including phenoxy) is 5. The second-order valence-electron chi connectivity index (χ2n) is 12.8. The largest absolute Gasteiger partial charge is 0.494 e. The van der Waals surface area contributed by atoms with Crippen LogP contribution in [0.4, 0.5) is 5.69 Å². The lowest BCUT2D eigenvalue weighted by molar-refractivity contribution is -0.140. The predicted octanol–water partition coefficient (Wildman–Crippen LogP) is 6.10. The summed E-state index contributed by atoms with van der Waals surface area (Å²) in [5.74, 6) is 1.88. The monoisotopic (exact) mass is 745 g/mol. The number of nitrogens with one attached hydrogen (secondary N) is 2. The first-order valence-corrected chi connectivity index (χ1v) is 18.8. The third kappa shape index (κ3) is 15.2. The van der Waals surface area contributed by atoms with Crippen LogP contribution in [-0.4, -0.2) is 90.0 Å². The Bertz CT molecular complexity index is 1650. The van der Waals surface area contributed by atoms with Crippen LogP contribution >= 0.6 is 0 Å². The molecule has 0 saturated carbocycles. The van der Waals surface area contributed by atoms with Crippen molar-refractivity contribution in [1.82, 2.24) is 30.0 Å². The molecule has 0 aliphatic heterocycles. The van der Waals surface area contributed by atoms with Gasteiger partial charge < -0.3 is 38.9 Å². The van der Waals surface area contributed by atoms with Gasteiger partial charge in [-0.25, -0.2) is 9.97 Å². The fourth-order valence-corrected chi connectivity index (χ4v) is 5.47. The summed E-state index contributed by atoms with van der Waals surface area (Å²) < 4.78 is 29.2. The van der Waals surface area contributed by atoms with Gasteiger partial charge in [-0.3, -0.25) is 9.59 Å². The SMILES string of the molecule is COC(=O)CCCCCOCCOCCOCCCCCCOc1ccc([C@H](C)NC(=O)c2cccc(NCc3nnc(-c4ccncn4)n3C)c2)cc1. The second-order valence-corrected chi connectivity index (χ2v) is 12.8. The van der Waals surface area contributed by atoms with Crippen LogP contribution in [-0.2, 0) is 37.3 Å². The number of anilines is 1. The molecule has 0 radical (unpaired) electrons. The van der Waals surface area contributed by atoms with Crippen molar-refractivity contribution in [3.8, 4) is 17.3 Å². The van der Waals surface area contributed by atoms with Gasteiger partial charge >= 0.3 is 5.97 Å². The van der Waals surface area contributed by atoms with Crippen molar-refractivity contribution in [2.75, 3.05) is 58.7 Å². The molecule has 0 saturated heterocycles. The van der Waals surface area contributed by atoms with E-state index in [4.69, 9.17) is 18.9 Å². The summed E-state index contributed by atoms with van der Waals surface area (Å²) in [5.41, 5.74) is 3.05. The Morgan fingerprint density at radius 3 is 2.17 bits per heavy atom. The van der Waals surface area contributed by atoms with Crippen LogP contribution in [0.15, 0.2) is 67.1 Å². The first-order chi connectivity index (χ1) is 26.4. The summed E-state index contributed by atoms with van der Waals surface area (Å²) in [5, 5.41) is 15.0. The molecule has 2 aromatic carbocycles. The Morgan fingerprint density at radius 2 is 1.48 bits per heavy atom. The zero-order valence-corrected chi connectivity index (χ0v) is 31.8. The summed E-state index contributed by atoms with van der Waals surface area (Å²) in [4.78, 5) is 32.4. The molecule has 4 aromatic rings. The molecule has 2 N–H and O–H groups in total. The fourth-order valence-electron chi connectivity index (χ4n) is 5.47. The molecular formula is C40H55N7O7. The molecule has 0 aliphatic rings. The van der Waals surface area contributed by atoms with E-state index in [0.717, 1.165) is 74.4 Å². The van der Waals surface area contributed by atoms with Crippen LogP contribution in [0.5, 0.6) is 5.75 Å². The number of benzene rings is 2. The summed E-state index contributed by atoms with van der Waals surface area (Å²) in [7, 11) is 3.30. The Balaban J connectivity index is 1.01. The zero-order chi connectivity index (χ0) is 38.2. The first kappa shape index (κ1) is 41.8. The Morgan fingerprint density at radius 1 is 0.796 bits per heavy atom. The number of aromatic nitrogens is 5. The number of hydrogen-bond acceptors (Lipinski definition) is 12. The van der Waals surface area contributed by atoms with Crippen molar-refractivity contribution in [2.24, 2.45) is 7.05 Å². The minimum atomic E-state index is -0.183. The van der Waals surface area contributed by atoms with Crippen molar-refractivity contribution < 1.29 is 33.3 Å². The number of rotatable bonds is 27. The molecule has 14 heteroatoms. The maximum absolute atomic E-state index is 13.1. The van der Waals surface area contributed by atoms with Crippen molar-refractivity contribution in [3.63, 3.8) is 0 Å². The van der Waals surface area contributed by atoms with Crippen LogP contribution in [0, 0.1) is 0 Å². The topological polar surface area (TPSA) is 161 Å². The Hall–Kier alpha value is -4.92. The van der Waals surface area contributed by atoms with Crippen LogP contribution in [0.25, 0.3) is 11.5 Å². The average Bonchev–Trinajstić information content (AvgIpc) is 3.57. The van der Waals surface area contributed by atoms with E-state index in [1.807, 2.05) is 61.0 Å². The highest BCUT2D eigenvalue weighted by atomic mass is 16.5. The van der Waals surface area contributed by atoms with E-state index in [-0.39, 0.29) is 17.9 Å². The number of amides is 1. The van der Waals surface area contributed by atoms with Gasteiger partial charge in [-0.2, -0.15) is 0 Å². The summed E-state index contributed by atoms with van der Waals surface area (Å²) in [6, 6.07) is 16.9. The number of unbranched alkanes of at least 4 members (excludes halogenated alkanes) is 5. The molecule has 14 nitrogen and oxygen atoms in total. The molecule has 0 unspecified atom stereocenters. The molecule has 0 fully saturated rings. The van der Waals surface area contributed by atoms with Crippen molar-refractivity contribution in [3.05, 3.63) is 84.1 Å². The number of esters is 1. The molecule has 2 aromatic heterocycles. The molecule has 1 atom stereocenters. The van der Waals surface area contributed by atoms with Crippen LogP contribution in [0.3, 0.4) is 0 Å². The van der Waals surface area contributed by atoms with Gasteiger partial charge in [-0.15, -0.1) is 10.2 Å². The van der Waals surface area contributed by atoms with Crippen molar-refractivity contribution >= 4 is 17.6 Å². The molecular weight excluding hydrogens is 690 g/mol. The average molecular weight is 746 g/mol. The molecule has 292 valence electrons. The fraction of sp³-hybridized carbons (Fsp3) is 0.500. The van der Waals surface area contributed by atoms with E-state index in [1.54, 1.807) is 18.3 Å². The van der Waals surface area contributed by atoms with Gasteiger partial charge in [-0.05, 0) is 81.0 Å². The minimum Gasteiger partial charge on any atom is -0.494 e. The van der Waals surface area contributed by atoms with Crippen LogP contribution in [0.1, 0.15) is 86.1 Å². The van der Waals surface area contributed by atoms with Crippen molar-refractivity contribution in [1.29, 1.82) is 0 Å². The smallest absolute Gasteiger partial charge is 0.305 e. The summed E-state index contributed by atoms with van der Waals surface area (Å²) >= 11 is 0. The van der Waals surface area contributed by atoms with E-state index >= 15 is 0 Å². The van der Waals surface area contributed by atoms with E-state index in [1.165, 1.54) is 13.4 Å². The zero-order valence-electron chi connectivity index (χ0n) is 31.8. The van der Waals surface area contributed by atoms with Gasteiger partial charge in [0.2, 0.25) is 0 Å². The van der Waals surface area contributed by atoms with E-state index in [0.29, 0.717) is 69.7 Å². The van der Waals surface area contributed by atoms with Gasteiger partial charge in [0.15, 0.2) is 11.6 Å². The lowest BCUT2D eigenvalue weighted by Crippen LogP contribution is -2.26. The summed E-state index contributed by atoms with van der Waals surface area (Å²) in [6.07, 6.45) is 10.5. The summed E-state index contributed by atoms with van der Waals surface area (Å²) in [6.45, 7) is 6.72. The molecule has 54 heavy (non-hydrogen) atoms. The van der Waals surface area contributed by atoms with E-state index in [2.05, 4.69) is 35.5 Å². The number of hydrogen-bond donors (Lipinski definition) is 2. The quantitative estimate of drug-likeness (QED) is 0.0534. The van der Waals surface area contributed by atoms with Crippen molar-refractivity contribution in [2.45, 2.75) is 70.9 Å². The minimum absolute atomic E-state index is 0.158. The number of nitrogens with zero attached hydrogens (tertiary/aromatic N) is 5. The third-order valence-corrected chi connectivity index (χ3v) is 8.67. The van der Waals surface area contributed by atoms with Gasteiger partial charge in [0.25, 0.3) is 5.91 Å². The molecule has 0 aliphatic carbocycles. The number of carbonyl (C=O) groups excluding carboxylic acids is 2. The van der Waals surface area contributed by atoms with Gasteiger partial charge in [0, 0.05) is 44.1 Å². The lowest BCUT2D eigenvalue weighted by atomic mass is 10.1. The molecule has 2 heterocycles. The highest BCUT2D eigenvalue weighted by Crippen LogP contribution is 2.20. The van der Waals surface area contributed by atoms with Gasteiger partial charge in [-0.1, -0.05) is 31.0 Å². The first-order valence-electron chi connectivity index (χ1n) is 18.8. The van der Waals surface area contributed by atoms with E-state index < -0.39 is 0 Å². The Kier molecular flexibility index (Phi) is 18.9. The highest BCUT2D eigenvalue weighted by molar-refractivity contribution is 5.95. The molecule has 0 bridgehead atoms. The highest BCUT2D eigenvalue weighted by Gasteiger charge is 2.14. The number of methoxy groups -OCH3 is 1. The normalized spacial score (nSPS) is 11.6. The number of carbonyl (C=O) groups is 2. The molecule has 1 amide bonds. The maximum atomic E-state index is 13.1. The van der Waals surface area contributed by atoms with Crippen LogP contribution < -0.4 is 15.4 Å². The lowest BCUT2D eigenvalue weighted by Gasteiger charge is -2.16. The second kappa shape index (κ2) is 24.4. The Labute approximate surface area is 318 Å². The standard InChI is InChI=1S/C40H55N7O7/c1-31(44-40(49)33-12-11-13-34(28-33)42-29-37-45-46-39(47(37)2)36-19-20-41-30-43-36)32-15-17-35(18-16-32)54-23-10-5-4-8-21-51-24-26-53-27-25-52-22-9-6-7-14-38(48)50-3/h11-13,15-20,28,30-31,42H,4-10,14,21-27,29H2,1-3H3,(H,44,49)/t31-/m0/s1. The maximum Gasteiger partial charge on any atom is 0.305 e. The third-order valence-electron chi connectivity index (χ3n) is 8.67. The van der Waals surface area contributed by atoms with Gasteiger partial charge in [0.05, 0.1) is 52.7 Å². The predicted molar refractivity (Wildman–Crippen MR) is 205 cm³/mol. The van der Waals surface area contributed by atoms with Crippen LogP contribution in [0.2, 0.25) is 0 Å². The molecule has 4 rings (SSSR count).